The van der Waals surface area contributed by atoms with Crippen molar-refractivity contribution in [2.45, 2.75) is 37.8 Å². The second-order valence-electron chi connectivity index (χ2n) is 4.32. The van der Waals surface area contributed by atoms with E-state index in [9.17, 15) is 4.79 Å². The number of rotatable bonds is 2. The smallest absolute Gasteiger partial charge is 0.291 e. The van der Waals surface area contributed by atoms with Crippen molar-refractivity contribution in [3.63, 3.8) is 0 Å². The Morgan fingerprint density at radius 1 is 1.50 bits per heavy atom. The van der Waals surface area contributed by atoms with Crippen LogP contribution in [0.15, 0.2) is 6.33 Å². The molecular weight excluding hydrogens is 206 g/mol. The Bertz CT molecular complexity index is 342. The number of carbonyl (C=O) groups is 1. The van der Waals surface area contributed by atoms with E-state index >= 15 is 0 Å². The molecule has 1 amide bonds. The van der Waals surface area contributed by atoms with E-state index in [0.29, 0.717) is 11.9 Å². The molecule has 0 aromatic carbocycles. The number of nitrogens with one attached hydrogen (secondary N) is 1. The summed E-state index contributed by atoms with van der Waals surface area (Å²) in [5, 5.41) is 6.27. The van der Waals surface area contributed by atoms with Crippen LogP contribution < -0.4 is 5.73 Å². The Labute approximate surface area is 94.2 Å². The van der Waals surface area contributed by atoms with Gasteiger partial charge in [-0.3, -0.25) is 9.89 Å². The lowest BCUT2D eigenvalue weighted by atomic mass is 9.91. The van der Waals surface area contributed by atoms with E-state index in [2.05, 4.69) is 15.2 Å². The standard InChI is InChI=1S/C10H17N5O/c1-15(8-4-2-7(11)3-5-8)10(16)9-12-6-13-14-9/h6-8H,2-5,11H2,1H3,(H,12,13,14). The maximum absolute atomic E-state index is 11.9. The third-order valence-corrected chi connectivity index (χ3v) is 3.23. The lowest BCUT2D eigenvalue weighted by Crippen LogP contribution is -2.42. The second kappa shape index (κ2) is 4.61. The lowest BCUT2D eigenvalue weighted by molar-refractivity contribution is 0.0678. The minimum Gasteiger partial charge on any atom is -0.336 e. The van der Waals surface area contributed by atoms with Crippen molar-refractivity contribution in [2.75, 3.05) is 7.05 Å². The zero-order valence-corrected chi connectivity index (χ0v) is 9.39. The largest absolute Gasteiger partial charge is 0.336 e. The number of hydrogen-bond donors (Lipinski definition) is 2. The van der Waals surface area contributed by atoms with Crippen molar-refractivity contribution in [1.29, 1.82) is 0 Å². The first kappa shape index (κ1) is 11.1. The molecule has 6 nitrogen and oxygen atoms in total. The third-order valence-electron chi connectivity index (χ3n) is 3.23. The van der Waals surface area contributed by atoms with E-state index in [1.165, 1.54) is 6.33 Å². The van der Waals surface area contributed by atoms with Crippen molar-refractivity contribution in [2.24, 2.45) is 5.73 Å². The van der Waals surface area contributed by atoms with Gasteiger partial charge in [-0.05, 0) is 25.7 Å². The highest BCUT2D eigenvalue weighted by Gasteiger charge is 2.26. The Kier molecular flexibility index (Phi) is 3.19. The molecule has 2 rings (SSSR count). The summed E-state index contributed by atoms with van der Waals surface area (Å²) in [6.45, 7) is 0. The lowest BCUT2D eigenvalue weighted by Gasteiger charge is -2.32. The maximum atomic E-state index is 11.9. The summed E-state index contributed by atoms with van der Waals surface area (Å²) in [4.78, 5) is 17.6. The van der Waals surface area contributed by atoms with Crippen molar-refractivity contribution in [1.82, 2.24) is 20.1 Å². The highest BCUT2D eigenvalue weighted by molar-refractivity contribution is 5.90. The topological polar surface area (TPSA) is 87.9 Å². The fraction of sp³-hybridized carbons (Fsp3) is 0.700. The fourth-order valence-corrected chi connectivity index (χ4v) is 2.13. The second-order valence-corrected chi connectivity index (χ2v) is 4.32. The number of amides is 1. The van der Waals surface area contributed by atoms with Gasteiger partial charge in [0.25, 0.3) is 5.91 Å². The van der Waals surface area contributed by atoms with E-state index in [4.69, 9.17) is 5.73 Å². The van der Waals surface area contributed by atoms with Crippen molar-refractivity contribution >= 4 is 5.91 Å². The summed E-state index contributed by atoms with van der Waals surface area (Å²) in [6, 6.07) is 0.572. The Hall–Kier alpha value is -1.43. The molecule has 0 atom stereocenters. The molecule has 1 fully saturated rings. The molecule has 0 saturated heterocycles. The van der Waals surface area contributed by atoms with E-state index < -0.39 is 0 Å². The number of nitrogens with zero attached hydrogens (tertiary/aromatic N) is 3. The van der Waals surface area contributed by atoms with Gasteiger partial charge in [0.1, 0.15) is 6.33 Å². The monoisotopic (exact) mass is 223 g/mol. The summed E-state index contributed by atoms with van der Waals surface area (Å²) >= 11 is 0. The highest BCUT2D eigenvalue weighted by atomic mass is 16.2. The van der Waals surface area contributed by atoms with Crippen LogP contribution in [-0.2, 0) is 0 Å². The number of aromatic nitrogens is 3. The van der Waals surface area contributed by atoms with Gasteiger partial charge in [-0.25, -0.2) is 4.98 Å². The number of H-pyrrole nitrogens is 1. The Morgan fingerprint density at radius 2 is 2.19 bits per heavy atom. The molecule has 1 aliphatic rings. The zero-order chi connectivity index (χ0) is 11.5. The van der Waals surface area contributed by atoms with Crippen LogP contribution in [0.4, 0.5) is 0 Å². The van der Waals surface area contributed by atoms with Gasteiger partial charge < -0.3 is 10.6 Å². The Balaban J connectivity index is 1.97. The number of carbonyl (C=O) groups excluding carboxylic acids is 1. The molecule has 0 radical (unpaired) electrons. The Morgan fingerprint density at radius 3 is 2.75 bits per heavy atom. The van der Waals surface area contributed by atoms with Gasteiger partial charge >= 0.3 is 0 Å². The first-order valence-electron chi connectivity index (χ1n) is 5.56. The van der Waals surface area contributed by atoms with Crippen LogP contribution in [-0.4, -0.2) is 45.1 Å². The zero-order valence-electron chi connectivity index (χ0n) is 9.39. The summed E-state index contributed by atoms with van der Waals surface area (Å²) in [6.07, 6.45) is 5.25. The molecule has 1 aliphatic carbocycles. The van der Waals surface area contributed by atoms with Crippen LogP contribution in [0.1, 0.15) is 36.3 Å². The molecule has 1 heterocycles. The van der Waals surface area contributed by atoms with E-state index in [1.54, 1.807) is 4.90 Å². The van der Waals surface area contributed by atoms with Gasteiger partial charge in [0.05, 0.1) is 0 Å². The number of hydrogen-bond acceptors (Lipinski definition) is 4. The van der Waals surface area contributed by atoms with Crippen LogP contribution in [0.2, 0.25) is 0 Å². The maximum Gasteiger partial charge on any atom is 0.291 e. The van der Waals surface area contributed by atoms with Crippen LogP contribution in [0, 0.1) is 0 Å². The average molecular weight is 223 g/mol. The van der Waals surface area contributed by atoms with Gasteiger partial charge in [0.2, 0.25) is 5.82 Å². The quantitative estimate of drug-likeness (QED) is 0.746. The van der Waals surface area contributed by atoms with Gasteiger partial charge in [-0.1, -0.05) is 0 Å². The summed E-state index contributed by atoms with van der Waals surface area (Å²) < 4.78 is 0. The molecule has 88 valence electrons. The van der Waals surface area contributed by atoms with E-state index in [-0.39, 0.29) is 11.9 Å². The van der Waals surface area contributed by atoms with Gasteiger partial charge in [0, 0.05) is 19.1 Å². The van der Waals surface area contributed by atoms with Crippen LogP contribution in [0.5, 0.6) is 0 Å². The van der Waals surface area contributed by atoms with Gasteiger partial charge in [-0.2, -0.15) is 5.10 Å². The molecule has 0 spiro atoms. The van der Waals surface area contributed by atoms with Crippen LogP contribution in [0.25, 0.3) is 0 Å². The summed E-state index contributed by atoms with van der Waals surface area (Å²) in [5.74, 6) is 0.204. The van der Waals surface area contributed by atoms with Gasteiger partial charge in [0.15, 0.2) is 0 Å². The van der Waals surface area contributed by atoms with Crippen molar-refractivity contribution in [3.05, 3.63) is 12.2 Å². The number of nitrogens with two attached hydrogens (primary N) is 1. The predicted octanol–water partition coefficient (Wildman–Crippen LogP) is 0.147. The molecule has 3 N–H and O–H groups in total. The summed E-state index contributed by atoms with van der Waals surface area (Å²) in [7, 11) is 1.81. The van der Waals surface area contributed by atoms with Crippen molar-refractivity contribution in [3.8, 4) is 0 Å². The first-order valence-corrected chi connectivity index (χ1v) is 5.56. The molecule has 1 aromatic rings. The minimum atomic E-state index is -0.0991. The SMILES string of the molecule is CN(C(=O)c1ncn[nH]1)C1CCC(N)CC1. The molecule has 6 heteroatoms. The molecular formula is C10H17N5O. The average Bonchev–Trinajstić information content (AvgIpc) is 2.81. The fourth-order valence-electron chi connectivity index (χ4n) is 2.13. The van der Waals surface area contributed by atoms with Crippen LogP contribution in [0.3, 0.4) is 0 Å². The molecule has 0 unspecified atom stereocenters. The van der Waals surface area contributed by atoms with Crippen molar-refractivity contribution < 1.29 is 4.79 Å². The highest BCUT2D eigenvalue weighted by Crippen LogP contribution is 2.21. The molecule has 0 bridgehead atoms. The normalized spacial score (nSPS) is 25.4. The van der Waals surface area contributed by atoms with Gasteiger partial charge in [-0.15, -0.1) is 0 Å². The predicted molar refractivity (Wildman–Crippen MR) is 58.7 cm³/mol. The molecule has 1 saturated carbocycles. The molecule has 0 aliphatic heterocycles. The molecule has 16 heavy (non-hydrogen) atoms. The van der Waals surface area contributed by atoms with E-state index in [0.717, 1.165) is 25.7 Å². The van der Waals surface area contributed by atoms with Crippen LogP contribution >= 0.6 is 0 Å². The first-order chi connectivity index (χ1) is 7.68. The van der Waals surface area contributed by atoms with E-state index in [1.807, 2.05) is 7.05 Å². The minimum absolute atomic E-state index is 0.0991. The third kappa shape index (κ3) is 2.21. The molecule has 1 aromatic heterocycles. The summed E-state index contributed by atoms with van der Waals surface area (Å²) in [5.41, 5.74) is 5.84. The number of aromatic amines is 1.